The van der Waals surface area contributed by atoms with Gasteiger partial charge in [-0.05, 0) is 91.5 Å². The number of aromatic nitrogens is 1. The van der Waals surface area contributed by atoms with Crippen molar-refractivity contribution >= 4 is 52.4 Å². The average Bonchev–Trinajstić information content (AvgIpc) is 3.77. The van der Waals surface area contributed by atoms with Crippen molar-refractivity contribution in [1.29, 1.82) is 0 Å². The molecule has 6 heteroatoms. The molecule has 1 fully saturated rings. The zero-order chi connectivity index (χ0) is 30.8. The predicted octanol–water partition coefficient (Wildman–Crippen LogP) is 8.95. The van der Waals surface area contributed by atoms with E-state index in [0.717, 1.165) is 51.7 Å². The third kappa shape index (κ3) is 7.79. The lowest BCUT2D eigenvalue weighted by Crippen LogP contribution is -2.18. The molecular weight excluding hydrogens is 550 g/mol. The fourth-order valence-electron chi connectivity index (χ4n) is 5.15. The standard InChI is InChI=1S/C35H36ClNO3S/c1-34(2,40)30-9-4-3-7-25(30)13-17-32(41-23-35(18-19-35)22-33(38)39)27-8-5-6-24(20-27)10-15-29-16-12-26-11-14-28(36)21-31(26)37-29/h3-12,14-16,20-21,32,40H,13,17-19,22-23H2,1-2H3,(H,38,39)/b15-10+/t32-/m1/s1/i22D2. The number of nitrogens with zero attached hydrogens (tertiary/aromatic N) is 1. The third-order valence-corrected chi connectivity index (χ3v) is 9.41. The van der Waals surface area contributed by atoms with Gasteiger partial charge in [-0.25, -0.2) is 4.98 Å². The molecule has 0 bridgehead atoms. The summed E-state index contributed by atoms with van der Waals surface area (Å²) in [7, 11) is 0. The van der Waals surface area contributed by atoms with Crippen molar-refractivity contribution in [1.82, 2.24) is 4.98 Å². The number of halogens is 1. The topological polar surface area (TPSA) is 70.4 Å². The predicted molar refractivity (Wildman–Crippen MR) is 171 cm³/mol. The van der Waals surface area contributed by atoms with Crippen LogP contribution in [-0.4, -0.2) is 26.9 Å². The molecule has 1 aliphatic carbocycles. The van der Waals surface area contributed by atoms with Gasteiger partial charge >= 0.3 is 5.97 Å². The highest BCUT2D eigenvalue weighted by molar-refractivity contribution is 7.99. The van der Waals surface area contributed by atoms with E-state index >= 15 is 0 Å². The molecule has 2 N–H and O–H groups in total. The van der Waals surface area contributed by atoms with Crippen LogP contribution in [0.25, 0.3) is 23.1 Å². The number of carboxylic acid groups (broad SMARTS) is 1. The number of hydrogen-bond donors (Lipinski definition) is 2. The molecule has 1 aliphatic rings. The normalized spacial score (nSPS) is 16.4. The first-order valence-electron chi connectivity index (χ1n) is 14.9. The number of aryl methyl sites for hydroxylation is 1. The highest BCUT2D eigenvalue weighted by atomic mass is 35.5. The highest BCUT2D eigenvalue weighted by Crippen LogP contribution is 2.53. The van der Waals surface area contributed by atoms with E-state index < -0.39 is 23.4 Å². The van der Waals surface area contributed by atoms with Crippen LogP contribution in [0.5, 0.6) is 0 Å². The van der Waals surface area contributed by atoms with E-state index in [-0.39, 0.29) is 5.25 Å². The first-order chi connectivity index (χ1) is 20.4. The minimum absolute atomic E-state index is 0.00576. The Morgan fingerprint density at radius 1 is 1.10 bits per heavy atom. The lowest BCUT2D eigenvalue weighted by Gasteiger charge is -2.24. The largest absolute Gasteiger partial charge is 0.481 e. The number of carbonyl (C=O) groups is 1. The van der Waals surface area contributed by atoms with Crippen molar-refractivity contribution in [2.24, 2.45) is 5.41 Å². The van der Waals surface area contributed by atoms with E-state index in [2.05, 4.69) is 12.1 Å². The van der Waals surface area contributed by atoms with Gasteiger partial charge in [-0.2, -0.15) is 11.8 Å². The molecule has 1 saturated carbocycles. The van der Waals surface area contributed by atoms with Crippen LogP contribution in [0.4, 0.5) is 0 Å². The second kappa shape index (κ2) is 12.4. The van der Waals surface area contributed by atoms with Crippen LogP contribution >= 0.6 is 23.4 Å². The van der Waals surface area contributed by atoms with Crippen LogP contribution in [0.1, 0.15) is 75.4 Å². The summed E-state index contributed by atoms with van der Waals surface area (Å²) in [5.74, 6) is -0.966. The van der Waals surface area contributed by atoms with E-state index in [1.165, 1.54) is 0 Å². The molecule has 0 saturated heterocycles. The zero-order valence-corrected chi connectivity index (χ0v) is 24.9. The van der Waals surface area contributed by atoms with Crippen LogP contribution in [0, 0.1) is 5.41 Å². The number of hydrogen-bond acceptors (Lipinski definition) is 4. The second-order valence-corrected chi connectivity index (χ2v) is 13.0. The number of thioether (sulfide) groups is 1. The molecule has 0 radical (unpaired) electrons. The second-order valence-electron chi connectivity index (χ2n) is 11.3. The van der Waals surface area contributed by atoms with Crippen molar-refractivity contribution in [2.45, 2.75) is 56.8 Å². The smallest absolute Gasteiger partial charge is 0.303 e. The Morgan fingerprint density at radius 3 is 2.63 bits per heavy atom. The molecule has 0 spiro atoms. The van der Waals surface area contributed by atoms with Crippen LogP contribution in [0.2, 0.25) is 5.02 Å². The molecule has 0 amide bonds. The van der Waals surface area contributed by atoms with E-state index in [4.69, 9.17) is 19.3 Å². The Bertz CT molecular complexity index is 1660. The number of benzene rings is 3. The average molecular weight is 588 g/mol. The summed E-state index contributed by atoms with van der Waals surface area (Å²) in [4.78, 5) is 16.5. The first-order valence-corrected chi connectivity index (χ1v) is 15.3. The monoisotopic (exact) mass is 587 g/mol. The van der Waals surface area contributed by atoms with E-state index in [1.807, 2.05) is 78.9 Å². The summed E-state index contributed by atoms with van der Waals surface area (Å²) in [6.07, 6.45) is 4.35. The van der Waals surface area contributed by atoms with Gasteiger partial charge in [-0.1, -0.05) is 78.3 Å². The molecule has 1 atom stereocenters. The Kier molecular flexibility index (Phi) is 8.09. The molecule has 4 nitrogen and oxygen atoms in total. The van der Waals surface area contributed by atoms with Crippen molar-refractivity contribution in [3.8, 4) is 0 Å². The van der Waals surface area contributed by atoms with E-state index in [9.17, 15) is 15.0 Å². The summed E-state index contributed by atoms with van der Waals surface area (Å²) in [6.45, 7) is 3.58. The van der Waals surface area contributed by atoms with E-state index in [0.29, 0.717) is 23.6 Å². The molecule has 4 aromatic rings. The Labute approximate surface area is 254 Å². The molecule has 0 aliphatic heterocycles. The summed E-state index contributed by atoms with van der Waals surface area (Å²) < 4.78 is 16.5. The van der Waals surface area contributed by atoms with Crippen LogP contribution in [0.3, 0.4) is 0 Å². The summed E-state index contributed by atoms with van der Waals surface area (Å²) >= 11 is 7.79. The number of rotatable bonds is 12. The minimum Gasteiger partial charge on any atom is -0.481 e. The van der Waals surface area contributed by atoms with Gasteiger partial charge in [0.25, 0.3) is 0 Å². The molecule has 1 aromatic heterocycles. The maximum absolute atomic E-state index is 11.8. The van der Waals surface area contributed by atoms with Crippen molar-refractivity contribution in [2.75, 3.05) is 5.75 Å². The molecule has 0 unspecified atom stereocenters. The van der Waals surface area contributed by atoms with Gasteiger partial charge < -0.3 is 10.2 Å². The van der Waals surface area contributed by atoms with Gasteiger partial charge in [0.15, 0.2) is 0 Å². The van der Waals surface area contributed by atoms with Gasteiger partial charge in [-0.15, -0.1) is 0 Å². The molecule has 212 valence electrons. The maximum atomic E-state index is 11.8. The summed E-state index contributed by atoms with van der Waals surface area (Å²) in [6, 6.07) is 25.8. The fraction of sp³-hybridized carbons (Fsp3) is 0.314. The Morgan fingerprint density at radius 2 is 1.88 bits per heavy atom. The molecular formula is C35H36ClNO3S. The molecule has 5 rings (SSSR count). The number of fused-ring (bicyclic) bond motifs is 1. The number of carboxylic acids is 1. The zero-order valence-electron chi connectivity index (χ0n) is 25.3. The first kappa shape index (κ1) is 26.8. The highest BCUT2D eigenvalue weighted by Gasteiger charge is 2.44. The lowest BCUT2D eigenvalue weighted by atomic mass is 9.90. The van der Waals surface area contributed by atoms with Gasteiger partial charge in [0.05, 0.1) is 23.2 Å². The van der Waals surface area contributed by atoms with E-state index in [1.54, 1.807) is 25.6 Å². The van der Waals surface area contributed by atoms with Crippen molar-refractivity contribution in [3.05, 3.63) is 112 Å². The van der Waals surface area contributed by atoms with Gasteiger partial charge in [0, 0.05) is 24.2 Å². The Balaban J connectivity index is 1.40. The SMILES string of the molecule is [2H]C([2H])(C(=O)O)C1(CS[C@H](CCc2ccccc2C(C)(C)O)c2cccc(/C=C/c3ccc4ccc(Cl)cc4n3)c2)CC1. The third-order valence-electron chi connectivity index (χ3n) is 7.54. The Hall–Kier alpha value is -3.12. The number of aliphatic hydroxyl groups is 1. The fourth-order valence-corrected chi connectivity index (χ4v) is 6.83. The van der Waals surface area contributed by atoms with Gasteiger partial charge in [-0.3, -0.25) is 4.79 Å². The molecule has 3 aromatic carbocycles. The molecule has 1 heterocycles. The van der Waals surface area contributed by atoms with Gasteiger partial charge in [0.1, 0.15) is 0 Å². The van der Waals surface area contributed by atoms with Crippen molar-refractivity contribution in [3.63, 3.8) is 0 Å². The molecule has 41 heavy (non-hydrogen) atoms. The van der Waals surface area contributed by atoms with Crippen molar-refractivity contribution < 1.29 is 17.7 Å². The maximum Gasteiger partial charge on any atom is 0.303 e. The van der Waals surface area contributed by atoms with Crippen LogP contribution in [-0.2, 0) is 16.8 Å². The summed E-state index contributed by atoms with van der Waals surface area (Å²) in [5, 5.41) is 22.0. The van der Waals surface area contributed by atoms with Crippen LogP contribution < -0.4 is 0 Å². The van der Waals surface area contributed by atoms with Gasteiger partial charge in [0.2, 0.25) is 0 Å². The van der Waals surface area contributed by atoms with Crippen LogP contribution in [0.15, 0.2) is 78.9 Å². The lowest BCUT2D eigenvalue weighted by molar-refractivity contribution is -0.138. The number of aliphatic carboxylic acids is 1. The summed E-state index contributed by atoms with van der Waals surface area (Å²) in [5.41, 5.74) is 3.90. The quantitative estimate of drug-likeness (QED) is 0.173. The number of pyridine rings is 1. The minimum atomic E-state index is -2.26.